The highest BCUT2D eigenvalue weighted by atomic mass is 32.2. The third-order valence-corrected chi connectivity index (χ3v) is 7.69. The molecule has 0 saturated carbocycles. The molecule has 0 saturated heterocycles. The van der Waals surface area contributed by atoms with Crippen LogP contribution in [0.25, 0.3) is 11.3 Å². The van der Waals surface area contributed by atoms with Crippen LogP contribution in [0.15, 0.2) is 57.9 Å². The Morgan fingerprint density at radius 1 is 1.08 bits per heavy atom. The van der Waals surface area contributed by atoms with E-state index in [1.54, 1.807) is 43.8 Å². The highest BCUT2D eigenvalue weighted by Gasteiger charge is 2.21. The number of aromatic nitrogens is 1. The fourth-order valence-corrected chi connectivity index (χ4v) is 5.04. The summed E-state index contributed by atoms with van der Waals surface area (Å²) >= 11 is 1.58. The Balaban J connectivity index is 1.51. The SMILES string of the molecule is CCCCC(CC)COC(=O)CCSc1ccc(-c2onc(C)c2CC(=O)O[C@H](C)c2ccccc2F)cc1. The maximum absolute atomic E-state index is 14.0. The van der Waals surface area contributed by atoms with Gasteiger partial charge in [-0.3, -0.25) is 9.59 Å². The maximum atomic E-state index is 14.0. The van der Waals surface area contributed by atoms with Crippen molar-refractivity contribution in [2.24, 2.45) is 5.92 Å². The average Bonchev–Trinajstić information content (AvgIpc) is 3.28. The lowest BCUT2D eigenvalue weighted by Crippen LogP contribution is -2.14. The zero-order chi connectivity index (χ0) is 28.2. The Bertz CT molecular complexity index is 1210. The Morgan fingerprint density at radius 3 is 2.51 bits per heavy atom. The van der Waals surface area contributed by atoms with Gasteiger partial charge in [0.05, 0.1) is 25.1 Å². The van der Waals surface area contributed by atoms with Crippen molar-refractivity contribution in [2.75, 3.05) is 12.4 Å². The van der Waals surface area contributed by atoms with E-state index in [2.05, 4.69) is 19.0 Å². The van der Waals surface area contributed by atoms with E-state index in [9.17, 15) is 14.0 Å². The molecule has 0 bridgehead atoms. The lowest BCUT2D eigenvalue weighted by atomic mass is 10.0. The van der Waals surface area contributed by atoms with Gasteiger partial charge in [-0.2, -0.15) is 0 Å². The molecule has 2 aromatic carbocycles. The molecule has 1 unspecified atom stereocenters. The number of nitrogens with zero attached hydrogens (tertiary/aromatic N) is 1. The lowest BCUT2D eigenvalue weighted by molar-refractivity contribution is -0.148. The first-order chi connectivity index (χ1) is 18.8. The molecular weight excluding hydrogens is 517 g/mol. The fourth-order valence-electron chi connectivity index (χ4n) is 4.21. The highest BCUT2D eigenvalue weighted by Crippen LogP contribution is 2.30. The number of ether oxygens (including phenoxy) is 2. The van der Waals surface area contributed by atoms with Crippen LogP contribution in [-0.2, 0) is 25.5 Å². The van der Waals surface area contributed by atoms with Crippen molar-refractivity contribution in [2.45, 2.75) is 77.2 Å². The number of hydrogen-bond donors (Lipinski definition) is 0. The molecule has 1 heterocycles. The van der Waals surface area contributed by atoms with E-state index in [-0.39, 0.29) is 12.4 Å². The van der Waals surface area contributed by atoms with Crippen molar-refractivity contribution in [1.29, 1.82) is 0 Å². The van der Waals surface area contributed by atoms with E-state index in [1.165, 1.54) is 6.07 Å². The largest absolute Gasteiger partial charge is 0.465 e. The lowest BCUT2D eigenvalue weighted by Gasteiger charge is -2.14. The van der Waals surface area contributed by atoms with Crippen LogP contribution in [0.4, 0.5) is 4.39 Å². The molecule has 1 aromatic heterocycles. The van der Waals surface area contributed by atoms with E-state index < -0.39 is 17.9 Å². The number of halogens is 1. The predicted molar refractivity (Wildman–Crippen MR) is 151 cm³/mol. The summed E-state index contributed by atoms with van der Waals surface area (Å²) in [6.45, 7) is 8.22. The molecule has 3 aromatic rings. The first-order valence-corrected chi connectivity index (χ1v) is 14.6. The Labute approximate surface area is 234 Å². The predicted octanol–water partition coefficient (Wildman–Crippen LogP) is 7.88. The summed E-state index contributed by atoms with van der Waals surface area (Å²) in [5, 5.41) is 4.04. The molecule has 0 spiro atoms. The fraction of sp³-hybridized carbons (Fsp3) is 0.452. The molecule has 0 fully saturated rings. The van der Waals surface area contributed by atoms with Crippen LogP contribution in [-0.4, -0.2) is 29.5 Å². The molecule has 0 radical (unpaired) electrons. The van der Waals surface area contributed by atoms with Crippen molar-refractivity contribution in [3.63, 3.8) is 0 Å². The normalized spacial score (nSPS) is 12.6. The molecule has 6 nitrogen and oxygen atoms in total. The molecule has 2 atom stereocenters. The summed E-state index contributed by atoms with van der Waals surface area (Å²) in [7, 11) is 0. The van der Waals surface area contributed by atoms with Crippen LogP contribution in [0, 0.1) is 18.7 Å². The molecule has 0 aliphatic heterocycles. The number of carbonyl (C=O) groups is 2. The van der Waals surface area contributed by atoms with Gasteiger partial charge in [-0.1, -0.05) is 68.6 Å². The number of hydrogen-bond acceptors (Lipinski definition) is 7. The second-order valence-electron chi connectivity index (χ2n) is 9.63. The summed E-state index contributed by atoms with van der Waals surface area (Å²) in [5.74, 6) is 0.498. The van der Waals surface area contributed by atoms with Gasteiger partial charge in [-0.25, -0.2) is 4.39 Å². The number of benzene rings is 2. The second-order valence-corrected chi connectivity index (χ2v) is 10.8. The van der Waals surface area contributed by atoms with Gasteiger partial charge in [0.2, 0.25) is 0 Å². The van der Waals surface area contributed by atoms with Crippen molar-refractivity contribution < 1.29 is 28.0 Å². The third kappa shape index (κ3) is 9.24. The van der Waals surface area contributed by atoms with E-state index in [0.717, 1.165) is 36.1 Å². The number of esters is 2. The van der Waals surface area contributed by atoms with E-state index >= 15 is 0 Å². The van der Waals surface area contributed by atoms with Crippen molar-refractivity contribution >= 4 is 23.7 Å². The number of thioether (sulfide) groups is 1. The number of rotatable bonds is 15. The quantitative estimate of drug-likeness (QED) is 0.139. The molecule has 0 aliphatic carbocycles. The van der Waals surface area contributed by atoms with Gasteiger partial charge in [0.15, 0.2) is 5.76 Å². The summed E-state index contributed by atoms with van der Waals surface area (Å²) < 4.78 is 30.5. The van der Waals surface area contributed by atoms with Gasteiger partial charge in [0.1, 0.15) is 11.9 Å². The zero-order valence-electron chi connectivity index (χ0n) is 23.2. The van der Waals surface area contributed by atoms with Crippen LogP contribution in [0.3, 0.4) is 0 Å². The summed E-state index contributed by atoms with van der Waals surface area (Å²) in [5.41, 5.74) is 2.33. The highest BCUT2D eigenvalue weighted by molar-refractivity contribution is 7.99. The number of carbonyl (C=O) groups excluding carboxylic acids is 2. The van der Waals surface area contributed by atoms with Gasteiger partial charge in [-0.15, -0.1) is 11.8 Å². The second kappa shape index (κ2) is 15.5. The summed E-state index contributed by atoms with van der Waals surface area (Å²) in [6.07, 6.45) is 4.03. The number of unbranched alkanes of at least 4 members (excludes halogenated alkanes) is 1. The summed E-state index contributed by atoms with van der Waals surface area (Å²) in [4.78, 5) is 25.8. The minimum Gasteiger partial charge on any atom is -0.465 e. The first-order valence-electron chi connectivity index (χ1n) is 13.6. The van der Waals surface area contributed by atoms with Crippen molar-refractivity contribution in [3.05, 3.63) is 71.2 Å². The standard InChI is InChI=1S/C31H38FNO5S/c1-5-7-10-23(6-2)20-36-29(34)17-18-39-25-15-13-24(14-16-25)31-27(21(3)33-38-31)19-30(35)37-22(4)26-11-8-9-12-28(26)32/h8-9,11-16,22-23H,5-7,10,17-20H2,1-4H3/t22-,23?/m1/s1. The third-order valence-electron chi connectivity index (χ3n) is 6.67. The van der Waals surface area contributed by atoms with Gasteiger partial charge in [0.25, 0.3) is 0 Å². The van der Waals surface area contributed by atoms with E-state index in [1.807, 2.05) is 24.3 Å². The van der Waals surface area contributed by atoms with Crippen LogP contribution >= 0.6 is 11.8 Å². The van der Waals surface area contributed by atoms with Crippen LogP contribution in [0.1, 0.15) is 75.8 Å². The minimum absolute atomic E-state index is 0.0423. The molecule has 0 N–H and O–H groups in total. The van der Waals surface area contributed by atoms with Crippen LogP contribution < -0.4 is 0 Å². The van der Waals surface area contributed by atoms with Crippen molar-refractivity contribution in [3.8, 4) is 11.3 Å². The molecule has 39 heavy (non-hydrogen) atoms. The summed E-state index contributed by atoms with van der Waals surface area (Å²) in [6, 6.07) is 13.9. The molecule has 0 amide bonds. The topological polar surface area (TPSA) is 78.6 Å². The average molecular weight is 556 g/mol. The van der Waals surface area contributed by atoms with Gasteiger partial charge in [-0.05, 0) is 44.4 Å². The Kier molecular flexibility index (Phi) is 12.1. The monoisotopic (exact) mass is 555 g/mol. The van der Waals surface area contributed by atoms with Gasteiger partial charge >= 0.3 is 11.9 Å². The zero-order valence-corrected chi connectivity index (χ0v) is 24.0. The Morgan fingerprint density at radius 2 is 1.82 bits per heavy atom. The maximum Gasteiger partial charge on any atom is 0.311 e. The Hall–Kier alpha value is -3.13. The van der Waals surface area contributed by atoms with Crippen molar-refractivity contribution in [1.82, 2.24) is 5.16 Å². The van der Waals surface area contributed by atoms with Crippen LogP contribution in [0.2, 0.25) is 0 Å². The molecule has 0 aliphatic rings. The van der Waals surface area contributed by atoms with Crippen LogP contribution in [0.5, 0.6) is 0 Å². The van der Waals surface area contributed by atoms with Gasteiger partial charge in [0, 0.05) is 27.3 Å². The minimum atomic E-state index is -0.718. The van der Waals surface area contributed by atoms with E-state index in [4.69, 9.17) is 14.0 Å². The molecule has 3 rings (SSSR count). The van der Waals surface area contributed by atoms with E-state index in [0.29, 0.717) is 47.3 Å². The molecule has 210 valence electrons. The molecule has 8 heteroatoms. The molecular formula is C31H38FNO5S. The number of aryl methyl sites for hydroxylation is 1. The smallest absolute Gasteiger partial charge is 0.311 e. The first kappa shape index (κ1) is 30.4. The van der Waals surface area contributed by atoms with Gasteiger partial charge < -0.3 is 14.0 Å².